The zero-order valence-electron chi connectivity index (χ0n) is 14.5. The molecular weight excluding hydrogens is 421 g/mol. The van der Waals surface area contributed by atoms with Crippen LogP contribution in [0.25, 0.3) is 0 Å². The molecule has 0 unspecified atom stereocenters. The van der Waals surface area contributed by atoms with Crippen LogP contribution in [0.4, 0.5) is 0 Å². The number of unbranched alkanes of at least 4 members (excludes halogenated alkanes) is 3. The second-order valence-electron chi connectivity index (χ2n) is 6.36. The molecule has 6 heteroatoms. The van der Waals surface area contributed by atoms with Gasteiger partial charge in [0.25, 0.3) is 0 Å². The Morgan fingerprint density at radius 2 is 1.45 bits per heavy atom. The van der Waals surface area contributed by atoms with E-state index >= 15 is 0 Å². The number of rotatable bonds is 11. The number of nitrogens with zero attached hydrogens (tertiary/aromatic N) is 1. The molecule has 0 fully saturated rings. The van der Waals surface area contributed by atoms with Crippen LogP contribution in [0.1, 0.15) is 59.3 Å². The van der Waals surface area contributed by atoms with Crippen LogP contribution < -0.4 is 3.71 Å². The minimum atomic E-state index is -3.16. The third-order valence-corrected chi connectivity index (χ3v) is 22.6. The van der Waals surface area contributed by atoms with E-state index in [1.54, 1.807) is 0 Å². The Hall–Kier alpha value is 0.379. The van der Waals surface area contributed by atoms with E-state index in [0.29, 0.717) is 4.34 Å². The van der Waals surface area contributed by atoms with E-state index in [0.717, 1.165) is 0 Å². The summed E-state index contributed by atoms with van der Waals surface area (Å²) in [4.78, 5) is 4.64. The normalized spacial score (nSPS) is 12.7. The van der Waals surface area contributed by atoms with Gasteiger partial charge in [-0.2, -0.15) is 0 Å². The van der Waals surface area contributed by atoms with Crippen LogP contribution in [0.3, 0.4) is 0 Å². The summed E-state index contributed by atoms with van der Waals surface area (Å²) < 4.78 is 29.1. The molecule has 0 atom stereocenters. The SMILES string of the molecule is CCC[CH2][Sn]([CH2]CCC)([CH2]CCC)[c]1csc(S(C)(=O)=O)n1. The van der Waals surface area contributed by atoms with E-state index in [2.05, 4.69) is 31.1 Å². The standard InChI is InChI=1S/C4H4NO2S2.3C4H9.Sn/c1-9(6,7)4-5-2-3-8-4;3*1-3-4-2;/h3H,1H3;3*1,3-4H2,2H3;. The van der Waals surface area contributed by atoms with Gasteiger partial charge in [-0.25, -0.2) is 0 Å². The molecule has 0 bridgehead atoms. The first-order valence-corrected chi connectivity index (χ1v) is 18.8. The molecule has 0 radical (unpaired) electrons. The second kappa shape index (κ2) is 9.62. The molecule has 3 nitrogen and oxygen atoms in total. The Balaban J connectivity index is 3.16. The first-order chi connectivity index (χ1) is 10.4. The Labute approximate surface area is 144 Å². The van der Waals surface area contributed by atoms with Crippen molar-refractivity contribution < 1.29 is 8.42 Å². The number of sulfone groups is 1. The van der Waals surface area contributed by atoms with Gasteiger partial charge in [-0.1, -0.05) is 0 Å². The first-order valence-electron chi connectivity index (χ1n) is 8.55. The topological polar surface area (TPSA) is 47.0 Å². The molecule has 0 aliphatic heterocycles. The molecule has 0 aromatic carbocycles. The van der Waals surface area contributed by atoms with Crippen molar-refractivity contribution in [3.8, 4) is 0 Å². The summed E-state index contributed by atoms with van der Waals surface area (Å²) in [5.74, 6) is 0. The molecule has 0 saturated heterocycles. The molecule has 1 rings (SSSR count). The van der Waals surface area contributed by atoms with E-state index in [-0.39, 0.29) is 0 Å². The van der Waals surface area contributed by atoms with Crippen LogP contribution in [0.2, 0.25) is 13.3 Å². The molecule has 0 spiro atoms. The van der Waals surface area contributed by atoms with Crippen LogP contribution in [-0.2, 0) is 9.84 Å². The molecule has 1 aromatic heterocycles. The second-order valence-corrected chi connectivity index (χ2v) is 22.5. The average molecular weight is 452 g/mol. The molecule has 0 aliphatic carbocycles. The van der Waals surface area contributed by atoms with Gasteiger partial charge in [0.1, 0.15) is 0 Å². The van der Waals surface area contributed by atoms with Gasteiger partial charge in [0, 0.05) is 0 Å². The van der Waals surface area contributed by atoms with Gasteiger partial charge in [-0.05, 0) is 0 Å². The summed E-state index contributed by atoms with van der Waals surface area (Å²) in [6.45, 7) is 6.75. The van der Waals surface area contributed by atoms with Crippen LogP contribution in [0, 0.1) is 0 Å². The maximum absolute atomic E-state index is 11.8. The van der Waals surface area contributed by atoms with Crippen LogP contribution >= 0.6 is 11.3 Å². The molecule has 1 aromatic rings. The fourth-order valence-corrected chi connectivity index (χ4v) is 22.0. The fourth-order valence-electron chi connectivity index (χ4n) is 2.98. The van der Waals surface area contributed by atoms with Crippen molar-refractivity contribution in [3.05, 3.63) is 5.38 Å². The summed E-state index contributed by atoms with van der Waals surface area (Å²) in [7, 11) is -3.16. The van der Waals surface area contributed by atoms with Gasteiger partial charge in [-0.3, -0.25) is 0 Å². The van der Waals surface area contributed by atoms with Crippen molar-refractivity contribution in [1.82, 2.24) is 4.98 Å². The van der Waals surface area contributed by atoms with Gasteiger partial charge in [-0.15, -0.1) is 0 Å². The number of hydrogen-bond acceptors (Lipinski definition) is 4. The molecule has 128 valence electrons. The predicted octanol–water partition coefficient (Wildman–Crippen LogP) is 4.60. The van der Waals surface area contributed by atoms with Gasteiger partial charge >= 0.3 is 145 Å². The Morgan fingerprint density at radius 1 is 1.00 bits per heavy atom. The fraction of sp³-hybridized carbons (Fsp3) is 0.812. The van der Waals surface area contributed by atoms with Gasteiger partial charge in [0.05, 0.1) is 0 Å². The molecular formula is C16H31NO2S2Sn. The predicted molar refractivity (Wildman–Crippen MR) is 99.8 cm³/mol. The summed E-state index contributed by atoms with van der Waals surface area (Å²) in [5, 5.41) is 2.09. The molecule has 0 saturated carbocycles. The van der Waals surface area contributed by atoms with Crippen LogP contribution in [0.5, 0.6) is 0 Å². The summed E-state index contributed by atoms with van der Waals surface area (Å²) in [5.41, 5.74) is 0. The van der Waals surface area contributed by atoms with Crippen molar-refractivity contribution in [2.24, 2.45) is 0 Å². The summed E-state index contributed by atoms with van der Waals surface area (Å²) in [6, 6.07) is 0. The Bertz CT molecular complexity index is 518. The van der Waals surface area contributed by atoms with Crippen molar-refractivity contribution in [2.75, 3.05) is 6.26 Å². The quantitative estimate of drug-likeness (QED) is 0.461. The van der Waals surface area contributed by atoms with E-state index in [1.807, 2.05) is 0 Å². The molecule has 0 amide bonds. The number of aromatic nitrogens is 1. The van der Waals surface area contributed by atoms with Gasteiger partial charge in [0.15, 0.2) is 0 Å². The number of hydrogen-bond donors (Lipinski definition) is 0. The third kappa shape index (κ3) is 5.78. The third-order valence-electron chi connectivity index (χ3n) is 4.37. The summed E-state index contributed by atoms with van der Waals surface area (Å²) in [6.07, 6.45) is 8.76. The summed E-state index contributed by atoms with van der Waals surface area (Å²) >= 11 is -1.21. The maximum atomic E-state index is 11.8. The minimum absolute atomic E-state index is 0.327. The zero-order valence-corrected chi connectivity index (χ0v) is 19.0. The average Bonchev–Trinajstić information content (AvgIpc) is 2.97. The van der Waals surface area contributed by atoms with Gasteiger partial charge < -0.3 is 0 Å². The molecule has 22 heavy (non-hydrogen) atoms. The van der Waals surface area contributed by atoms with E-state index in [4.69, 9.17) is 0 Å². The van der Waals surface area contributed by atoms with Gasteiger partial charge in [0.2, 0.25) is 0 Å². The zero-order chi connectivity index (χ0) is 16.6. The van der Waals surface area contributed by atoms with Crippen molar-refractivity contribution in [1.29, 1.82) is 0 Å². The van der Waals surface area contributed by atoms with Crippen LogP contribution in [0.15, 0.2) is 9.72 Å². The van der Waals surface area contributed by atoms with Crippen molar-refractivity contribution >= 4 is 43.3 Å². The van der Waals surface area contributed by atoms with E-state index < -0.39 is 28.2 Å². The van der Waals surface area contributed by atoms with E-state index in [9.17, 15) is 8.42 Å². The molecule has 0 N–H and O–H groups in total. The Morgan fingerprint density at radius 3 is 1.77 bits per heavy atom. The number of thiazole rings is 1. The monoisotopic (exact) mass is 453 g/mol. The first kappa shape index (κ1) is 20.4. The van der Waals surface area contributed by atoms with Crippen LogP contribution in [-0.4, -0.2) is 38.0 Å². The Kier molecular flexibility index (Phi) is 8.93. The van der Waals surface area contributed by atoms with E-state index in [1.165, 1.54) is 73.1 Å². The molecule has 1 heterocycles. The molecule has 0 aliphatic rings. The van der Waals surface area contributed by atoms with Crippen molar-refractivity contribution in [2.45, 2.75) is 76.9 Å². The van der Waals surface area contributed by atoms with Crippen molar-refractivity contribution in [3.63, 3.8) is 0 Å².